The number of amides is 1. The third-order valence-corrected chi connectivity index (χ3v) is 3.89. The Balaban J connectivity index is 1.89. The van der Waals surface area contributed by atoms with E-state index in [1.807, 2.05) is 6.07 Å². The van der Waals surface area contributed by atoms with Crippen molar-refractivity contribution >= 4 is 35.0 Å². The Hall–Kier alpha value is -3.00. The van der Waals surface area contributed by atoms with Crippen molar-refractivity contribution < 1.29 is 23.0 Å². The van der Waals surface area contributed by atoms with Gasteiger partial charge in [0, 0.05) is 0 Å². The summed E-state index contributed by atoms with van der Waals surface area (Å²) in [6.45, 7) is -2.96. The van der Waals surface area contributed by atoms with Gasteiger partial charge in [0.15, 0.2) is 16.6 Å². The molecule has 2 aromatic rings. The molecule has 0 atom stereocenters. The second-order valence-electron chi connectivity index (χ2n) is 5.25. The van der Waals surface area contributed by atoms with Gasteiger partial charge in [-0.1, -0.05) is 24.3 Å². The van der Waals surface area contributed by atoms with E-state index in [9.17, 15) is 13.6 Å². The zero-order chi connectivity index (χ0) is 18.7. The lowest BCUT2D eigenvalue weighted by atomic mass is 10.1. The third-order valence-electron chi connectivity index (χ3n) is 3.61. The predicted octanol–water partition coefficient (Wildman–Crippen LogP) is 3.56. The number of carbonyl (C=O) groups excluding carboxylic acids is 1. The highest BCUT2D eigenvalue weighted by Gasteiger charge is 2.31. The van der Waals surface area contributed by atoms with Crippen LogP contribution in [0.2, 0.25) is 0 Å². The zero-order valence-electron chi connectivity index (χ0n) is 13.6. The van der Waals surface area contributed by atoms with E-state index in [2.05, 4.69) is 10.1 Å². The number of methoxy groups -OCH3 is 1. The summed E-state index contributed by atoms with van der Waals surface area (Å²) < 4.78 is 34.2. The molecular weight excluding hydrogens is 362 g/mol. The van der Waals surface area contributed by atoms with Crippen molar-refractivity contribution in [1.82, 2.24) is 5.32 Å². The number of hydrogen-bond donors (Lipinski definition) is 1. The van der Waals surface area contributed by atoms with Crippen molar-refractivity contribution in [2.45, 2.75) is 6.61 Å². The van der Waals surface area contributed by atoms with E-state index >= 15 is 0 Å². The summed E-state index contributed by atoms with van der Waals surface area (Å²) in [5.74, 6) is -0.266. The van der Waals surface area contributed by atoms with E-state index in [-0.39, 0.29) is 28.2 Å². The minimum atomic E-state index is -2.96. The van der Waals surface area contributed by atoms with Crippen LogP contribution in [0.25, 0.3) is 6.08 Å². The fourth-order valence-electron chi connectivity index (χ4n) is 2.48. The average Bonchev–Trinajstić information content (AvgIpc) is 2.90. The number of ether oxygens (including phenoxy) is 2. The molecule has 1 amide bonds. The first-order valence-electron chi connectivity index (χ1n) is 7.54. The Bertz CT molecular complexity index is 872. The maximum absolute atomic E-state index is 12.6. The van der Waals surface area contributed by atoms with Gasteiger partial charge in [-0.3, -0.25) is 9.69 Å². The number of halogens is 2. The molecular formula is C18H14F2N2O3S. The van der Waals surface area contributed by atoms with Crippen molar-refractivity contribution in [2.24, 2.45) is 0 Å². The van der Waals surface area contributed by atoms with Crippen LogP contribution in [0.4, 0.5) is 14.5 Å². The first-order valence-corrected chi connectivity index (χ1v) is 7.95. The molecule has 2 aromatic carbocycles. The number of rotatable bonds is 5. The van der Waals surface area contributed by atoms with E-state index < -0.39 is 6.61 Å². The lowest BCUT2D eigenvalue weighted by molar-refractivity contribution is -0.113. The number of nitrogens with zero attached hydrogens (tertiary/aromatic N) is 1. The van der Waals surface area contributed by atoms with Crippen LogP contribution in [0.5, 0.6) is 11.5 Å². The van der Waals surface area contributed by atoms with Gasteiger partial charge in [0.1, 0.15) is 5.70 Å². The Kier molecular flexibility index (Phi) is 5.13. The minimum absolute atomic E-state index is 0.0863. The first kappa shape index (κ1) is 17.8. The molecule has 1 N–H and O–H groups in total. The van der Waals surface area contributed by atoms with Gasteiger partial charge in [0.25, 0.3) is 5.91 Å². The molecule has 1 fully saturated rings. The van der Waals surface area contributed by atoms with Gasteiger partial charge in [-0.05, 0) is 48.1 Å². The Morgan fingerprint density at radius 2 is 1.88 bits per heavy atom. The standard InChI is InChI=1S/C18H14F2N2O3S/c1-24-15-10-11(7-8-14(15)25-17(19)20)9-13-16(23)22(18(26)21-13)12-5-3-2-4-6-12/h2-10,17H,1H3,(H,21,26)/b13-9-. The van der Waals surface area contributed by atoms with Crippen LogP contribution in [-0.2, 0) is 4.79 Å². The summed E-state index contributed by atoms with van der Waals surface area (Å²) in [4.78, 5) is 14.0. The summed E-state index contributed by atoms with van der Waals surface area (Å²) >= 11 is 5.23. The molecule has 0 unspecified atom stereocenters. The van der Waals surface area contributed by atoms with E-state index in [0.717, 1.165) is 0 Å². The highest BCUT2D eigenvalue weighted by Crippen LogP contribution is 2.31. The second kappa shape index (κ2) is 7.49. The third kappa shape index (κ3) is 3.65. The predicted molar refractivity (Wildman–Crippen MR) is 97.3 cm³/mol. The quantitative estimate of drug-likeness (QED) is 0.639. The molecule has 8 heteroatoms. The zero-order valence-corrected chi connectivity index (χ0v) is 14.4. The Morgan fingerprint density at radius 1 is 1.15 bits per heavy atom. The van der Waals surface area contributed by atoms with Crippen molar-refractivity contribution in [1.29, 1.82) is 0 Å². The molecule has 134 valence electrons. The summed E-state index contributed by atoms with van der Waals surface area (Å²) in [7, 11) is 1.34. The second-order valence-corrected chi connectivity index (χ2v) is 5.64. The maximum atomic E-state index is 12.6. The summed E-state index contributed by atoms with van der Waals surface area (Å²) in [5, 5.41) is 3.12. The van der Waals surface area contributed by atoms with E-state index in [0.29, 0.717) is 11.3 Å². The molecule has 1 saturated heterocycles. The van der Waals surface area contributed by atoms with Crippen LogP contribution < -0.4 is 19.7 Å². The van der Waals surface area contributed by atoms with Gasteiger partial charge in [-0.2, -0.15) is 8.78 Å². The van der Waals surface area contributed by atoms with Crippen LogP contribution in [-0.4, -0.2) is 24.7 Å². The topological polar surface area (TPSA) is 50.8 Å². The molecule has 0 saturated carbocycles. The van der Waals surface area contributed by atoms with Gasteiger partial charge in [-0.25, -0.2) is 0 Å². The van der Waals surface area contributed by atoms with Crippen LogP contribution >= 0.6 is 12.2 Å². The molecule has 1 aliphatic heterocycles. The number of nitrogens with one attached hydrogen (secondary N) is 1. The lowest BCUT2D eigenvalue weighted by Crippen LogP contribution is -2.30. The molecule has 26 heavy (non-hydrogen) atoms. The van der Waals surface area contributed by atoms with Crippen molar-refractivity contribution in [2.75, 3.05) is 12.0 Å². The number of alkyl halides is 2. The molecule has 0 bridgehead atoms. The molecule has 3 rings (SSSR count). The van der Waals surface area contributed by atoms with E-state index in [4.69, 9.17) is 17.0 Å². The number of carbonyl (C=O) groups is 1. The summed E-state index contributed by atoms with van der Waals surface area (Å²) in [6, 6.07) is 13.4. The monoisotopic (exact) mass is 376 g/mol. The fraction of sp³-hybridized carbons (Fsp3) is 0.111. The molecule has 1 heterocycles. The van der Waals surface area contributed by atoms with Gasteiger partial charge in [0.2, 0.25) is 0 Å². The molecule has 1 aliphatic rings. The number of anilines is 1. The number of thiocarbonyl (C=S) groups is 1. The number of hydrogen-bond acceptors (Lipinski definition) is 4. The number of benzene rings is 2. The molecule has 0 radical (unpaired) electrons. The smallest absolute Gasteiger partial charge is 0.387 e. The molecule has 5 nitrogen and oxygen atoms in total. The average molecular weight is 376 g/mol. The largest absolute Gasteiger partial charge is 0.493 e. The van der Waals surface area contributed by atoms with Crippen molar-refractivity contribution in [3.05, 3.63) is 59.8 Å². The van der Waals surface area contributed by atoms with Gasteiger partial charge < -0.3 is 14.8 Å². The van der Waals surface area contributed by atoms with Crippen LogP contribution in [0.15, 0.2) is 54.2 Å². The van der Waals surface area contributed by atoms with Gasteiger partial charge in [0.05, 0.1) is 12.8 Å². The fourth-order valence-corrected chi connectivity index (χ4v) is 2.78. The number of para-hydroxylation sites is 1. The summed E-state index contributed by atoms with van der Waals surface area (Å²) in [5.41, 5.74) is 1.48. The van der Waals surface area contributed by atoms with Crippen molar-refractivity contribution in [3.63, 3.8) is 0 Å². The normalized spacial score (nSPS) is 15.5. The van der Waals surface area contributed by atoms with E-state index in [1.165, 1.54) is 30.2 Å². The highest BCUT2D eigenvalue weighted by molar-refractivity contribution is 7.80. The molecule has 0 aliphatic carbocycles. The lowest BCUT2D eigenvalue weighted by Gasteiger charge is -2.13. The Labute approximate surface area is 153 Å². The molecule has 0 aromatic heterocycles. The highest BCUT2D eigenvalue weighted by atomic mass is 32.1. The minimum Gasteiger partial charge on any atom is -0.493 e. The maximum Gasteiger partial charge on any atom is 0.387 e. The first-order chi connectivity index (χ1) is 12.5. The SMILES string of the molecule is COc1cc(/C=C2\NC(=S)N(c3ccccc3)C2=O)ccc1OC(F)F. The van der Waals surface area contributed by atoms with E-state index in [1.54, 1.807) is 30.3 Å². The van der Waals surface area contributed by atoms with Gasteiger partial charge >= 0.3 is 6.61 Å². The van der Waals surface area contributed by atoms with Gasteiger partial charge in [-0.15, -0.1) is 0 Å². The van der Waals surface area contributed by atoms with Crippen LogP contribution in [0, 0.1) is 0 Å². The van der Waals surface area contributed by atoms with Crippen molar-refractivity contribution in [3.8, 4) is 11.5 Å². The van der Waals surface area contributed by atoms with Crippen LogP contribution in [0.3, 0.4) is 0 Å². The Morgan fingerprint density at radius 3 is 2.54 bits per heavy atom. The molecule has 0 spiro atoms. The van der Waals surface area contributed by atoms with Crippen LogP contribution in [0.1, 0.15) is 5.56 Å². The summed E-state index contributed by atoms with van der Waals surface area (Å²) in [6.07, 6.45) is 1.56.